The Morgan fingerprint density at radius 3 is 2.46 bits per heavy atom. The van der Waals surface area contributed by atoms with Crippen LogP contribution in [0.3, 0.4) is 0 Å². The Hall–Kier alpha value is -3.27. The van der Waals surface area contributed by atoms with Crippen molar-refractivity contribution in [2.45, 2.75) is 75.5 Å². The average molecular weight is 500 g/mol. The first-order valence-electron chi connectivity index (χ1n) is 11.7. The van der Waals surface area contributed by atoms with Crippen molar-refractivity contribution in [1.82, 2.24) is 14.3 Å². The molecule has 0 unspecified atom stereocenters. The minimum absolute atomic E-state index is 0.0339. The van der Waals surface area contributed by atoms with Crippen molar-refractivity contribution >= 4 is 38.5 Å². The van der Waals surface area contributed by atoms with Crippen LogP contribution in [0.5, 0.6) is 0 Å². The van der Waals surface area contributed by atoms with E-state index in [1.165, 1.54) is 16.4 Å². The van der Waals surface area contributed by atoms with Crippen LogP contribution >= 0.6 is 0 Å². The molecule has 4 N–H and O–H groups in total. The molecule has 1 fully saturated rings. The van der Waals surface area contributed by atoms with Gasteiger partial charge in [-0.3, -0.25) is 0 Å². The maximum atomic E-state index is 13.2. The quantitative estimate of drug-likeness (QED) is 0.472. The summed E-state index contributed by atoms with van der Waals surface area (Å²) >= 11 is 0. The largest absolute Gasteiger partial charge is 0.444 e. The molecule has 3 aromatic rings. The molecule has 1 aliphatic rings. The highest BCUT2D eigenvalue weighted by atomic mass is 32.2. The van der Waals surface area contributed by atoms with Crippen LogP contribution in [-0.2, 0) is 14.8 Å². The number of alkyl carbamates (subject to hydrolysis) is 1. The molecule has 0 spiro atoms. The van der Waals surface area contributed by atoms with Crippen LogP contribution in [0.2, 0.25) is 0 Å². The fraction of sp³-hybridized carbons (Fsp3) is 0.440. The summed E-state index contributed by atoms with van der Waals surface area (Å²) in [4.78, 5) is 16.7. The number of nitrogens with two attached hydrogens (primary N) is 1. The first kappa shape index (κ1) is 24.8. The number of nitrogens with one attached hydrogen (secondary N) is 2. The average Bonchev–Trinajstić information content (AvgIpc) is 3.22. The predicted molar refractivity (Wildman–Crippen MR) is 137 cm³/mol. The zero-order valence-electron chi connectivity index (χ0n) is 20.5. The number of rotatable bonds is 5. The second-order valence-electron chi connectivity index (χ2n) is 10.4. The Labute approximate surface area is 206 Å². The molecule has 0 radical (unpaired) electrons. The van der Waals surface area contributed by atoms with Crippen molar-refractivity contribution in [3.05, 3.63) is 48.8 Å². The monoisotopic (exact) mass is 499 g/mol. The molecule has 10 heteroatoms. The Kier molecular flexibility index (Phi) is 6.44. The minimum atomic E-state index is -3.80. The molecule has 35 heavy (non-hydrogen) atoms. The third kappa shape index (κ3) is 5.37. The van der Waals surface area contributed by atoms with E-state index < -0.39 is 21.7 Å². The molecule has 1 amide bonds. The van der Waals surface area contributed by atoms with Crippen LogP contribution in [0.4, 0.5) is 16.2 Å². The molecule has 0 saturated heterocycles. The van der Waals surface area contributed by atoms with Gasteiger partial charge in [-0.25, -0.2) is 22.2 Å². The van der Waals surface area contributed by atoms with Gasteiger partial charge in [-0.2, -0.15) is 0 Å². The number of carbonyl (C=O) groups excluding carboxylic acids is 1. The number of nitrogen functional groups attached to an aromatic ring is 1. The van der Waals surface area contributed by atoms with Gasteiger partial charge < -0.3 is 21.1 Å². The Morgan fingerprint density at radius 2 is 1.83 bits per heavy atom. The predicted octanol–water partition coefficient (Wildman–Crippen LogP) is 4.49. The fourth-order valence-corrected chi connectivity index (χ4v) is 5.74. The molecule has 2 heterocycles. The van der Waals surface area contributed by atoms with E-state index in [-0.39, 0.29) is 16.5 Å². The maximum absolute atomic E-state index is 13.2. The van der Waals surface area contributed by atoms with Gasteiger partial charge in [0.05, 0.1) is 22.5 Å². The van der Waals surface area contributed by atoms with Crippen molar-refractivity contribution < 1.29 is 17.9 Å². The number of hydrogen-bond acceptors (Lipinski definition) is 7. The highest BCUT2D eigenvalue weighted by Gasteiger charge is 2.33. The molecule has 0 aliphatic heterocycles. The number of nitrogens with zero attached hydrogens (tertiary/aromatic N) is 2. The molecule has 1 saturated carbocycles. The molecule has 0 bridgehead atoms. The van der Waals surface area contributed by atoms with E-state index >= 15 is 0 Å². The van der Waals surface area contributed by atoms with E-state index in [9.17, 15) is 13.2 Å². The van der Waals surface area contributed by atoms with Gasteiger partial charge in [0.2, 0.25) is 0 Å². The number of hydrogen-bond donors (Lipinski definition) is 3. The third-order valence-electron chi connectivity index (χ3n) is 6.25. The lowest BCUT2D eigenvalue weighted by Crippen LogP contribution is -2.46. The number of carbonyl (C=O) groups is 1. The Bertz CT molecular complexity index is 1320. The van der Waals surface area contributed by atoms with Gasteiger partial charge in [0, 0.05) is 23.2 Å². The SMILES string of the molecule is CC1(Nc2c(N)cnc3c2ccn3S(=O)(=O)c2ccccc2)CCC(NC(=O)OC(C)(C)C)CC1. The highest BCUT2D eigenvalue weighted by molar-refractivity contribution is 7.90. The van der Waals surface area contributed by atoms with Crippen molar-refractivity contribution in [2.75, 3.05) is 11.1 Å². The normalized spacial score (nSPS) is 21.0. The number of anilines is 2. The zero-order chi connectivity index (χ0) is 25.4. The van der Waals surface area contributed by atoms with Gasteiger partial charge in [0.1, 0.15) is 5.60 Å². The van der Waals surface area contributed by atoms with Crippen LogP contribution in [-0.4, -0.2) is 40.6 Å². The molecule has 1 aromatic carbocycles. The lowest BCUT2D eigenvalue weighted by Gasteiger charge is -2.39. The number of aromatic nitrogens is 2. The van der Waals surface area contributed by atoms with Crippen molar-refractivity contribution in [3.63, 3.8) is 0 Å². The summed E-state index contributed by atoms with van der Waals surface area (Å²) in [7, 11) is -3.80. The van der Waals surface area contributed by atoms with E-state index in [4.69, 9.17) is 10.5 Å². The van der Waals surface area contributed by atoms with Crippen LogP contribution in [0, 0.1) is 0 Å². The van der Waals surface area contributed by atoms with E-state index in [1.54, 1.807) is 36.4 Å². The van der Waals surface area contributed by atoms with Gasteiger partial charge in [-0.1, -0.05) is 18.2 Å². The molecule has 188 valence electrons. The van der Waals surface area contributed by atoms with Gasteiger partial charge in [0.25, 0.3) is 10.0 Å². The summed E-state index contributed by atoms with van der Waals surface area (Å²) in [6.07, 6.45) is 5.73. The van der Waals surface area contributed by atoms with Crippen molar-refractivity contribution in [2.24, 2.45) is 0 Å². The van der Waals surface area contributed by atoms with Gasteiger partial charge >= 0.3 is 6.09 Å². The summed E-state index contributed by atoms with van der Waals surface area (Å²) in [5.74, 6) is 0. The number of fused-ring (bicyclic) bond motifs is 1. The topological polar surface area (TPSA) is 128 Å². The van der Waals surface area contributed by atoms with Gasteiger partial charge in [-0.15, -0.1) is 0 Å². The molecular formula is C25H33N5O4S. The molecule has 9 nitrogen and oxygen atoms in total. The van der Waals surface area contributed by atoms with Crippen LogP contribution in [0.25, 0.3) is 11.0 Å². The lowest BCUT2D eigenvalue weighted by atomic mass is 9.80. The van der Waals surface area contributed by atoms with Gasteiger partial charge in [-0.05, 0) is 71.6 Å². The first-order valence-corrected chi connectivity index (χ1v) is 13.2. The fourth-order valence-electron chi connectivity index (χ4n) is 4.42. The van der Waals surface area contributed by atoms with Crippen LogP contribution in [0.1, 0.15) is 53.4 Å². The maximum Gasteiger partial charge on any atom is 0.407 e. The van der Waals surface area contributed by atoms with Crippen LogP contribution in [0.15, 0.2) is 53.7 Å². The molecular weight excluding hydrogens is 466 g/mol. The minimum Gasteiger partial charge on any atom is -0.444 e. The van der Waals surface area contributed by atoms with Gasteiger partial charge in [0.15, 0.2) is 5.65 Å². The summed E-state index contributed by atoms with van der Waals surface area (Å²) < 4.78 is 33.0. The van der Waals surface area contributed by atoms with Crippen molar-refractivity contribution in [3.8, 4) is 0 Å². The second-order valence-corrected chi connectivity index (χ2v) is 12.2. The second kappa shape index (κ2) is 9.07. The highest BCUT2D eigenvalue weighted by Crippen LogP contribution is 2.37. The van der Waals surface area contributed by atoms with E-state index in [1.807, 2.05) is 20.8 Å². The molecule has 4 rings (SSSR count). The number of amides is 1. The smallest absolute Gasteiger partial charge is 0.407 e. The third-order valence-corrected chi connectivity index (χ3v) is 7.93. The summed E-state index contributed by atoms with van der Waals surface area (Å²) in [5.41, 5.74) is 6.89. The zero-order valence-corrected chi connectivity index (χ0v) is 21.4. The van der Waals surface area contributed by atoms with Crippen molar-refractivity contribution in [1.29, 1.82) is 0 Å². The molecule has 1 aliphatic carbocycles. The number of ether oxygens (including phenoxy) is 1. The summed E-state index contributed by atoms with van der Waals surface area (Å²) in [5, 5.41) is 7.17. The standard InChI is InChI=1S/C25H33N5O4S/c1-24(2,3)34-23(31)28-17-10-13-25(4,14-11-17)29-21-19-12-15-30(22(19)27-16-20(21)26)35(32,33)18-8-6-5-7-9-18/h5-9,12,15-17H,10-11,13-14,26H2,1-4H3,(H,27,29)(H,28,31). The summed E-state index contributed by atoms with van der Waals surface area (Å²) in [6, 6.07) is 10.0. The van der Waals surface area contributed by atoms with E-state index in [0.717, 1.165) is 25.7 Å². The number of pyridine rings is 1. The van der Waals surface area contributed by atoms with Crippen LogP contribution < -0.4 is 16.4 Å². The van der Waals surface area contributed by atoms with E-state index in [0.29, 0.717) is 22.4 Å². The Balaban J connectivity index is 1.53. The number of benzene rings is 1. The molecule has 2 aromatic heterocycles. The van der Waals surface area contributed by atoms with E-state index in [2.05, 4.69) is 22.5 Å². The molecule has 0 atom stereocenters. The summed E-state index contributed by atoms with van der Waals surface area (Å²) in [6.45, 7) is 7.63. The Morgan fingerprint density at radius 1 is 1.17 bits per heavy atom. The first-order chi connectivity index (χ1) is 16.4. The lowest BCUT2D eigenvalue weighted by molar-refractivity contribution is 0.0487.